The molecule has 110 valence electrons. The molecule has 2 N–H and O–H groups in total. The van der Waals surface area contributed by atoms with Crippen LogP contribution in [0.1, 0.15) is 5.56 Å². The molecule has 0 aromatic heterocycles. The second-order valence-corrected chi connectivity index (χ2v) is 4.65. The van der Waals surface area contributed by atoms with E-state index < -0.39 is 11.8 Å². The van der Waals surface area contributed by atoms with Gasteiger partial charge in [-0.3, -0.25) is 0 Å². The van der Waals surface area contributed by atoms with E-state index in [2.05, 4.69) is 10.6 Å². The minimum Gasteiger partial charge on any atom is -0.495 e. The van der Waals surface area contributed by atoms with Crippen LogP contribution in [-0.2, 0) is 6.54 Å². The molecule has 0 atom stereocenters. The van der Waals surface area contributed by atoms with Gasteiger partial charge in [0, 0.05) is 11.6 Å². The fourth-order valence-corrected chi connectivity index (χ4v) is 1.99. The van der Waals surface area contributed by atoms with Gasteiger partial charge in [0.15, 0.2) is 0 Å². The summed E-state index contributed by atoms with van der Waals surface area (Å²) in [4.78, 5) is 11.8. The van der Waals surface area contributed by atoms with E-state index in [-0.39, 0.29) is 11.6 Å². The molecule has 0 saturated carbocycles. The van der Waals surface area contributed by atoms with E-state index in [9.17, 15) is 9.18 Å². The SMILES string of the molecule is COc1ccccc1NC(=O)NCc1ccc(F)cc1Cl. The first-order valence-corrected chi connectivity index (χ1v) is 6.59. The molecular formula is C15H14ClFN2O2. The van der Waals surface area contributed by atoms with Crippen molar-refractivity contribution < 1.29 is 13.9 Å². The summed E-state index contributed by atoms with van der Waals surface area (Å²) in [5.41, 5.74) is 1.19. The van der Waals surface area contributed by atoms with Crippen LogP contribution in [0.5, 0.6) is 5.75 Å². The van der Waals surface area contributed by atoms with Crippen molar-refractivity contribution in [1.82, 2.24) is 5.32 Å². The number of rotatable bonds is 4. The van der Waals surface area contributed by atoms with Crippen LogP contribution in [0.4, 0.5) is 14.9 Å². The molecule has 21 heavy (non-hydrogen) atoms. The first-order valence-electron chi connectivity index (χ1n) is 6.22. The number of nitrogens with one attached hydrogen (secondary N) is 2. The number of benzene rings is 2. The van der Waals surface area contributed by atoms with Crippen LogP contribution in [0.2, 0.25) is 5.02 Å². The largest absolute Gasteiger partial charge is 0.495 e. The van der Waals surface area contributed by atoms with Crippen molar-refractivity contribution in [2.24, 2.45) is 0 Å². The maximum atomic E-state index is 12.9. The van der Waals surface area contributed by atoms with Crippen LogP contribution >= 0.6 is 11.6 Å². The normalized spacial score (nSPS) is 10.0. The van der Waals surface area contributed by atoms with E-state index in [0.29, 0.717) is 17.0 Å². The van der Waals surface area contributed by atoms with E-state index in [1.165, 1.54) is 25.3 Å². The average Bonchev–Trinajstić information content (AvgIpc) is 2.47. The minimum atomic E-state index is -0.415. The van der Waals surface area contributed by atoms with Gasteiger partial charge >= 0.3 is 6.03 Å². The molecule has 2 aromatic carbocycles. The predicted octanol–water partition coefficient (Wildman–Crippen LogP) is 3.81. The Labute approximate surface area is 126 Å². The molecule has 0 fully saturated rings. The molecule has 0 radical (unpaired) electrons. The number of carbonyl (C=O) groups is 1. The van der Waals surface area contributed by atoms with Crippen molar-refractivity contribution in [3.05, 3.63) is 58.9 Å². The number of hydrogen-bond acceptors (Lipinski definition) is 2. The van der Waals surface area contributed by atoms with Crippen molar-refractivity contribution in [3.63, 3.8) is 0 Å². The van der Waals surface area contributed by atoms with Crippen LogP contribution in [0.25, 0.3) is 0 Å². The number of halogens is 2. The summed E-state index contributed by atoms with van der Waals surface area (Å²) >= 11 is 5.89. The number of hydrogen-bond donors (Lipinski definition) is 2. The van der Waals surface area contributed by atoms with Crippen molar-refractivity contribution >= 4 is 23.3 Å². The van der Waals surface area contributed by atoms with Gasteiger partial charge in [0.2, 0.25) is 0 Å². The first kappa shape index (κ1) is 15.1. The van der Waals surface area contributed by atoms with E-state index >= 15 is 0 Å². The van der Waals surface area contributed by atoms with Gasteiger partial charge in [-0.1, -0.05) is 29.8 Å². The number of carbonyl (C=O) groups excluding carboxylic acids is 1. The molecule has 2 rings (SSSR count). The zero-order valence-corrected chi connectivity index (χ0v) is 12.1. The molecule has 2 amide bonds. The third-order valence-electron chi connectivity index (χ3n) is 2.81. The Bertz CT molecular complexity index is 649. The van der Waals surface area contributed by atoms with Gasteiger partial charge in [-0.05, 0) is 29.8 Å². The Balaban J connectivity index is 1.96. The molecule has 0 aliphatic rings. The number of para-hydroxylation sites is 2. The standard InChI is InChI=1S/C15H14ClFN2O2/c1-21-14-5-3-2-4-13(14)19-15(20)18-9-10-6-7-11(17)8-12(10)16/h2-8H,9H2,1H3,(H2,18,19,20). The van der Waals surface area contributed by atoms with E-state index in [4.69, 9.17) is 16.3 Å². The lowest BCUT2D eigenvalue weighted by Gasteiger charge is -2.11. The molecule has 0 unspecified atom stereocenters. The molecule has 0 saturated heterocycles. The quantitative estimate of drug-likeness (QED) is 0.902. The fourth-order valence-electron chi connectivity index (χ4n) is 1.75. The highest BCUT2D eigenvalue weighted by atomic mass is 35.5. The van der Waals surface area contributed by atoms with Gasteiger partial charge in [0.1, 0.15) is 11.6 Å². The van der Waals surface area contributed by atoms with E-state index in [0.717, 1.165) is 0 Å². The van der Waals surface area contributed by atoms with Gasteiger partial charge in [-0.15, -0.1) is 0 Å². The highest BCUT2D eigenvalue weighted by molar-refractivity contribution is 6.31. The summed E-state index contributed by atoms with van der Waals surface area (Å²) in [5.74, 6) is 0.148. The van der Waals surface area contributed by atoms with E-state index in [1.54, 1.807) is 24.3 Å². The Kier molecular flexibility index (Phi) is 5.00. The summed E-state index contributed by atoms with van der Waals surface area (Å²) in [7, 11) is 1.52. The Hall–Kier alpha value is -2.27. The predicted molar refractivity (Wildman–Crippen MR) is 80.3 cm³/mol. The van der Waals surface area contributed by atoms with Crippen molar-refractivity contribution in [2.75, 3.05) is 12.4 Å². The number of methoxy groups -OCH3 is 1. The molecule has 0 aliphatic carbocycles. The maximum absolute atomic E-state index is 12.9. The summed E-state index contributed by atoms with van der Waals surface area (Å²) in [5, 5.41) is 5.59. The number of ether oxygens (including phenoxy) is 1. The van der Waals surface area contributed by atoms with Gasteiger partial charge in [0.05, 0.1) is 12.8 Å². The zero-order valence-electron chi connectivity index (χ0n) is 11.3. The molecule has 0 aliphatic heterocycles. The van der Waals surface area contributed by atoms with Gasteiger partial charge < -0.3 is 15.4 Å². The highest BCUT2D eigenvalue weighted by Gasteiger charge is 2.07. The highest BCUT2D eigenvalue weighted by Crippen LogP contribution is 2.23. The summed E-state index contributed by atoms with van der Waals surface area (Å²) in [6.45, 7) is 0.195. The number of urea groups is 1. The second kappa shape index (κ2) is 6.95. The van der Waals surface area contributed by atoms with Crippen LogP contribution in [-0.4, -0.2) is 13.1 Å². The number of amides is 2. The summed E-state index contributed by atoms with van der Waals surface area (Å²) in [6.07, 6.45) is 0. The average molecular weight is 309 g/mol. The smallest absolute Gasteiger partial charge is 0.319 e. The van der Waals surface area contributed by atoms with Gasteiger partial charge in [-0.25, -0.2) is 9.18 Å². The molecule has 0 heterocycles. The summed E-state index contributed by atoms with van der Waals surface area (Å²) < 4.78 is 18.1. The van der Waals surface area contributed by atoms with Gasteiger partial charge in [0.25, 0.3) is 0 Å². The van der Waals surface area contributed by atoms with Crippen LogP contribution in [0, 0.1) is 5.82 Å². The Morgan fingerprint density at radius 1 is 1.29 bits per heavy atom. The zero-order chi connectivity index (χ0) is 15.2. The second-order valence-electron chi connectivity index (χ2n) is 4.24. The van der Waals surface area contributed by atoms with E-state index in [1.807, 2.05) is 0 Å². The lowest BCUT2D eigenvalue weighted by Crippen LogP contribution is -2.28. The third kappa shape index (κ3) is 4.10. The minimum absolute atomic E-state index is 0.195. The molecule has 0 bridgehead atoms. The fraction of sp³-hybridized carbons (Fsp3) is 0.133. The Morgan fingerprint density at radius 3 is 2.76 bits per heavy atom. The van der Waals surface area contributed by atoms with Crippen molar-refractivity contribution in [3.8, 4) is 5.75 Å². The van der Waals surface area contributed by atoms with Crippen LogP contribution in [0.3, 0.4) is 0 Å². The molecule has 2 aromatic rings. The van der Waals surface area contributed by atoms with Gasteiger partial charge in [-0.2, -0.15) is 0 Å². The Morgan fingerprint density at radius 2 is 2.05 bits per heavy atom. The monoisotopic (exact) mass is 308 g/mol. The van der Waals surface area contributed by atoms with Crippen LogP contribution < -0.4 is 15.4 Å². The van der Waals surface area contributed by atoms with Crippen molar-refractivity contribution in [2.45, 2.75) is 6.54 Å². The summed E-state index contributed by atoms with van der Waals surface area (Å²) in [6, 6.07) is 10.7. The molecule has 4 nitrogen and oxygen atoms in total. The lowest BCUT2D eigenvalue weighted by atomic mass is 10.2. The molecule has 6 heteroatoms. The first-order chi connectivity index (χ1) is 10.1. The van der Waals surface area contributed by atoms with Crippen LogP contribution in [0.15, 0.2) is 42.5 Å². The maximum Gasteiger partial charge on any atom is 0.319 e. The number of anilines is 1. The molecular weight excluding hydrogens is 295 g/mol. The van der Waals surface area contributed by atoms with Crippen molar-refractivity contribution in [1.29, 1.82) is 0 Å². The topological polar surface area (TPSA) is 50.4 Å². The third-order valence-corrected chi connectivity index (χ3v) is 3.16. The lowest BCUT2D eigenvalue weighted by molar-refractivity contribution is 0.251. The molecule has 0 spiro atoms.